The molecule has 1 saturated carbocycles. The zero-order chi connectivity index (χ0) is 9.68. The van der Waals surface area contributed by atoms with Crippen LogP contribution in [0.25, 0.3) is 0 Å². The van der Waals surface area contributed by atoms with Crippen molar-refractivity contribution in [3.8, 4) is 0 Å². The summed E-state index contributed by atoms with van der Waals surface area (Å²) < 4.78 is 0. The highest BCUT2D eigenvalue weighted by molar-refractivity contribution is 5.76. The first kappa shape index (κ1) is 9.76. The Labute approximate surface area is 76.3 Å². The maximum Gasteiger partial charge on any atom is 0.362 e. The Morgan fingerprint density at radius 3 is 2.62 bits per heavy atom. The lowest BCUT2D eigenvalue weighted by atomic mass is 9.96. The largest absolute Gasteiger partial charge is 0.365 e. The summed E-state index contributed by atoms with van der Waals surface area (Å²) in [6.07, 6.45) is 5.57. The maximum atomic E-state index is 10.1. The molecule has 0 heterocycles. The Kier molecular flexibility index (Phi) is 3.48. The molecule has 74 valence electrons. The molecule has 0 bridgehead atoms. The Morgan fingerprint density at radius 2 is 2.08 bits per heavy atom. The summed E-state index contributed by atoms with van der Waals surface area (Å²) in [6.45, 7) is 0. The van der Waals surface area contributed by atoms with Gasteiger partial charge in [-0.05, 0) is 18.3 Å². The van der Waals surface area contributed by atoms with Crippen molar-refractivity contribution in [1.29, 1.82) is 0 Å². The normalized spacial score (nSPS) is 19.8. The highest BCUT2D eigenvalue weighted by Crippen LogP contribution is 2.19. The minimum Gasteiger partial charge on any atom is -0.365 e. The van der Waals surface area contributed by atoms with Gasteiger partial charge in [0.25, 0.3) is 5.96 Å². The molecule has 1 fully saturated rings. The lowest BCUT2D eigenvalue weighted by molar-refractivity contribution is -0.822. The van der Waals surface area contributed by atoms with Crippen molar-refractivity contribution in [1.82, 2.24) is 5.43 Å². The van der Waals surface area contributed by atoms with E-state index in [1.807, 2.05) is 5.43 Å². The number of hydrogen-bond donors (Lipinski definition) is 3. The molecule has 0 aromatic carbocycles. The van der Waals surface area contributed by atoms with Crippen LogP contribution in [-0.4, -0.2) is 22.2 Å². The number of rotatable bonds is 2. The van der Waals surface area contributed by atoms with E-state index in [4.69, 9.17) is 10.9 Å². The Hall–Kier alpha value is -1.33. The molecule has 0 saturated heterocycles. The highest BCUT2D eigenvalue weighted by atomic mass is 16.7. The smallest absolute Gasteiger partial charge is 0.362 e. The van der Waals surface area contributed by atoms with Crippen molar-refractivity contribution >= 4 is 5.96 Å². The summed E-state index contributed by atoms with van der Waals surface area (Å²) >= 11 is 0. The van der Waals surface area contributed by atoms with Gasteiger partial charge < -0.3 is 5.73 Å². The van der Waals surface area contributed by atoms with Crippen molar-refractivity contribution in [3.63, 3.8) is 0 Å². The van der Waals surface area contributed by atoms with E-state index in [1.54, 1.807) is 0 Å². The number of nitrogens with one attached hydrogen (secondary N) is 1. The van der Waals surface area contributed by atoms with Gasteiger partial charge in [0.2, 0.25) is 0 Å². The molecular formula is C7H15N4O2+. The average molecular weight is 187 g/mol. The molecular weight excluding hydrogens is 172 g/mol. The fourth-order valence-electron chi connectivity index (χ4n) is 1.53. The van der Waals surface area contributed by atoms with E-state index in [-0.39, 0.29) is 12.0 Å². The van der Waals surface area contributed by atoms with Crippen LogP contribution in [0.4, 0.5) is 0 Å². The second kappa shape index (κ2) is 4.64. The molecule has 4 N–H and O–H groups in total. The Balaban J connectivity index is 2.38. The third-order valence-corrected chi connectivity index (χ3v) is 2.11. The topological polar surface area (TPSA) is 90.7 Å². The Bertz CT molecular complexity index is 211. The van der Waals surface area contributed by atoms with E-state index >= 15 is 0 Å². The molecule has 6 heteroatoms. The van der Waals surface area contributed by atoms with Crippen molar-refractivity contribution < 1.29 is 10.2 Å². The van der Waals surface area contributed by atoms with Crippen LogP contribution in [0, 0.1) is 4.91 Å². The molecule has 1 rings (SSSR count). The zero-order valence-electron chi connectivity index (χ0n) is 7.44. The summed E-state index contributed by atoms with van der Waals surface area (Å²) in [7, 11) is 0. The van der Waals surface area contributed by atoms with E-state index in [9.17, 15) is 4.91 Å². The predicted molar refractivity (Wildman–Crippen MR) is 47.0 cm³/mol. The number of guanidine groups is 1. The quantitative estimate of drug-likeness (QED) is 0.329. The summed E-state index contributed by atoms with van der Waals surface area (Å²) in [6, 6.07) is 0.196. The first-order valence-corrected chi connectivity index (χ1v) is 4.44. The summed E-state index contributed by atoms with van der Waals surface area (Å²) in [5.41, 5.74) is 7.29. The van der Waals surface area contributed by atoms with E-state index in [2.05, 4.69) is 4.99 Å². The summed E-state index contributed by atoms with van der Waals surface area (Å²) in [5, 5.41) is 7.82. The lowest BCUT2D eigenvalue weighted by Gasteiger charge is -2.17. The van der Waals surface area contributed by atoms with Crippen LogP contribution in [0.5, 0.6) is 0 Å². The van der Waals surface area contributed by atoms with Gasteiger partial charge in [0.1, 0.15) is 4.91 Å². The molecule has 0 aromatic heterocycles. The van der Waals surface area contributed by atoms with E-state index in [0.717, 1.165) is 25.7 Å². The minimum atomic E-state index is -0.443. The van der Waals surface area contributed by atoms with Crippen molar-refractivity contribution in [2.24, 2.45) is 10.7 Å². The van der Waals surface area contributed by atoms with Gasteiger partial charge in [-0.3, -0.25) is 0 Å². The lowest BCUT2D eigenvalue weighted by Crippen LogP contribution is -2.38. The second-order valence-electron chi connectivity index (χ2n) is 3.19. The molecule has 13 heavy (non-hydrogen) atoms. The van der Waals surface area contributed by atoms with Crippen LogP contribution >= 0.6 is 0 Å². The molecule has 1 aliphatic carbocycles. The van der Waals surface area contributed by atoms with Gasteiger partial charge in [0.15, 0.2) is 0 Å². The first-order chi connectivity index (χ1) is 6.18. The van der Waals surface area contributed by atoms with E-state index in [1.165, 1.54) is 6.42 Å². The third-order valence-electron chi connectivity index (χ3n) is 2.11. The summed E-state index contributed by atoms with van der Waals surface area (Å²) in [4.78, 5) is 14.2. The molecule has 0 unspecified atom stereocenters. The fraction of sp³-hybridized carbons (Fsp3) is 0.857. The van der Waals surface area contributed by atoms with Gasteiger partial charge in [-0.2, -0.15) is 0 Å². The van der Waals surface area contributed by atoms with Gasteiger partial charge in [0, 0.05) is 0 Å². The SMILES string of the molecule is NC(=NC1CCCCC1)N[N+](=O)O. The number of nitrogens with zero attached hydrogens (tertiary/aromatic N) is 2. The average Bonchev–Trinajstić information content (AvgIpc) is 2.04. The van der Waals surface area contributed by atoms with Crippen molar-refractivity contribution in [2.75, 3.05) is 0 Å². The van der Waals surface area contributed by atoms with E-state index in [0.29, 0.717) is 0 Å². The van der Waals surface area contributed by atoms with Crippen LogP contribution in [0.1, 0.15) is 32.1 Å². The second-order valence-corrected chi connectivity index (χ2v) is 3.19. The standard InChI is InChI=1S/C7H15N4O2/c8-7(10-11(12)13)9-6-4-2-1-3-5-6/h6H,1-5H2,(H,12,13)(H3,8,9,10)/q+1. The number of hydrogen-bond acceptors (Lipinski definition) is 2. The minimum absolute atomic E-state index is 0.0237. The van der Waals surface area contributed by atoms with Crippen LogP contribution < -0.4 is 11.2 Å². The highest BCUT2D eigenvalue weighted by Gasteiger charge is 2.14. The van der Waals surface area contributed by atoms with Gasteiger partial charge >= 0.3 is 5.03 Å². The van der Waals surface area contributed by atoms with Gasteiger partial charge in [-0.1, -0.05) is 19.3 Å². The molecule has 0 atom stereocenters. The number of nitrogens with two attached hydrogens (primary N) is 1. The van der Waals surface area contributed by atoms with Gasteiger partial charge in [-0.25, -0.2) is 10.2 Å². The van der Waals surface area contributed by atoms with Crippen molar-refractivity contribution in [3.05, 3.63) is 4.91 Å². The zero-order valence-corrected chi connectivity index (χ0v) is 7.44. The summed E-state index contributed by atoms with van der Waals surface area (Å²) in [5.74, 6) is -0.0237. The molecule has 0 spiro atoms. The maximum absolute atomic E-state index is 10.1. The molecule has 0 radical (unpaired) electrons. The molecule has 6 nitrogen and oxygen atoms in total. The van der Waals surface area contributed by atoms with Crippen LogP contribution in [0.2, 0.25) is 0 Å². The Morgan fingerprint density at radius 1 is 1.46 bits per heavy atom. The predicted octanol–water partition coefficient (Wildman–Crippen LogP) is 0.307. The van der Waals surface area contributed by atoms with Crippen LogP contribution in [0.15, 0.2) is 4.99 Å². The fourth-order valence-corrected chi connectivity index (χ4v) is 1.53. The van der Waals surface area contributed by atoms with Crippen molar-refractivity contribution in [2.45, 2.75) is 38.1 Å². The molecule has 0 aliphatic heterocycles. The molecule has 0 amide bonds. The monoisotopic (exact) mass is 187 g/mol. The molecule has 1 aliphatic rings. The van der Waals surface area contributed by atoms with Crippen LogP contribution in [-0.2, 0) is 0 Å². The first-order valence-electron chi connectivity index (χ1n) is 4.44. The van der Waals surface area contributed by atoms with E-state index < -0.39 is 5.03 Å². The van der Waals surface area contributed by atoms with Gasteiger partial charge in [0.05, 0.1) is 6.04 Å². The molecule has 0 aromatic rings. The number of hydrazine groups is 1. The number of aliphatic imine (C=N–C) groups is 1. The van der Waals surface area contributed by atoms with Crippen LogP contribution in [0.3, 0.4) is 0 Å². The van der Waals surface area contributed by atoms with Gasteiger partial charge in [-0.15, -0.1) is 0 Å². The third kappa shape index (κ3) is 3.73.